The zero-order valence-electron chi connectivity index (χ0n) is 13.9. The number of hydrogen-bond donors (Lipinski definition) is 0. The van der Waals surface area contributed by atoms with Crippen molar-refractivity contribution in [1.82, 2.24) is 14.2 Å². The highest BCUT2D eigenvalue weighted by atomic mass is 32.2. The van der Waals surface area contributed by atoms with Crippen molar-refractivity contribution in [3.8, 4) is 0 Å². The fourth-order valence-electron chi connectivity index (χ4n) is 4.02. The molecule has 0 saturated carbocycles. The van der Waals surface area contributed by atoms with Crippen LogP contribution in [0.25, 0.3) is 0 Å². The monoisotopic (exact) mass is 355 g/mol. The lowest BCUT2D eigenvalue weighted by Gasteiger charge is -2.62. The first-order valence-corrected chi connectivity index (χ1v) is 9.32. The highest BCUT2D eigenvalue weighted by Gasteiger charge is 2.53. The molecule has 3 saturated heterocycles. The van der Waals surface area contributed by atoms with Crippen LogP contribution in [0.1, 0.15) is 30.7 Å². The van der Waals surface area contributed by atoms with Gasteiger partial charge < -0.3 is 4.74 Å². The van der Waals surface area contributed by atoms with Crippen LogP contribution < -0.4 is 0 Å². The first kappa shape index (κ1) is 16.7. The van der Waals surface area contributed by atoms with Crippen LogP contribution >= 0.6 is 11.9 Å². The zero-order valence-corrected chi connectivity index (χ0v) is 14.7. The molecule has 1 spiro atoms. The third-order valence-corrected chi connectivity index (χ3v) is 6.46. The summed E-state index contributed by atoms with van der Waals surface area (Å²) < 4.78 is 33.1. The summed E-state index contributed by atoms with van der Waals surface area (Å²) in [6.07, 6.45) is -0.174. The lowest BCUT2D eigenvalue weighted by Crippen LogP contribution is -2.72. The van der Waals surface area contributed by atoms with Gasteiger partial charge in [-0.3, -0.25) is 9.88 Å². The molecule has 0 aliphatic carbocycles. The third-order valence-electron chi connectivity index (χ3n) is 5.32. The molecule has 3 fully saturated rings. The number of likely N-dealkylation sites (tertiary alicyclic amines) is 1. The van der Waals surface area contributed by atoms with Gasteiger partial charge in [0, 0.05) is 55.7 Å². The van der Waals surface area contributed by atoms with Crippen LogP contribution in [-0.2, 0) is 4.74 Å². The molecule has 132 valence electrons. The van der Waals surface area contributed by atoms with Gasteiger partial charge in [-0.05, 0) is 43.8 Å². The SMILES string of the molecule is Cc1nc(C(F)F)ccc1SN1CC2(C1)CN(C1CCOCC1)C2. The number of hydrogen-bond acceptors (Lipinski definition) is 5. The highest BCUT2D eigenvalue weighted by molar-refractivity contribution is 7.97. The van der Waals surface area contributed by atoms with Crippen molar-refractivity contribution < 1.29 is 13.5 Å². The molecule has 1 aromatic heterocycles. The first-order valence-electron chi connectivity index (χ1n) is 8.55. The molecule has 0 radical (unpaired) electrons. The minimum absolute atomic E-state index is 0.136. The molecule has 0 aromatic carbocycles. The Morgan fingerprint density at radius 2 is 1.92 bits per heavy atom. The van der Waals surface area contributed by atoms with E-state index in [4.69, 9.17) is 4.74 Å². The van der Waals surface area contributed by atoms with Crippen LogP contribution in [0, 0.1) is 12.3 Å². The van der Waals surface area contributed by atoms with Crippen LogP contribution in [0.2, 0.25) is 0 Å². The van der Waals surface area contributed by atoms with Crippen molar-refractivity contribution >= 4 is 11.9 Å². The summed E-state index contributed by atoms with van der Waals surface area (Å²) in [6, 6.07) is 3.92. The summed E-state index contributed by atoms with van der Waals surface area (Å²) in [7, 11) is 0. The van der Waals surface area contributed by atoms with Crippen molar-refractivity contribution in [2.24, 2.45) is 5.41 Å². The van der Waals surface area contributed by atoms with Crippen molar-refractivity contribution in [1.29, 1.82) is 0 Å². The summed E-state index contributed by atoms with van der Waals surface area (Å²) in [5.41, 5.74) is 1.01. The van der Waals surface area contributed by atoms with E-state index < -0.39 is 6.43 Å². The molecule has 24 heavy (non-hydrogen) atoms. The molecule has 3 aliphatic rings. The maximum absolute atomic E-state index is 12.7. The van der Waals surface area contributed by atoms with Gasteiger partial charge in [-0.1, -0.05) is 0 Å². The van der Waals surface area contributed by atoms with Gasteiger partial charge in [-0.25, -0.2) is 13.1 Å². The van der Waals surface area contributed by atoms with Crippen LogP contribution in [0.3, 0.4) is 0 Å². The topological polar surface area (TPSA) is 28.6 Å². The lowest BCUT2D eigenvalue weighted by molar-refractivity contribution is -0.113. The van der Waals surface area contributed by atoms with Gasteiger partial charge in [-0.2, -0.15) is 0 Å². The van der Waals surface area contributed by atoms with E-state index in [2.05, 4.69) is 14.2 Å². The fraction of sp³-hybridized carbons (Fsp3) is 0.706. The maximum atomic E-state index is 12.7. The number of halogens is 2. The van der Waals surface area contributed by atoms with Gasteiger partial charge in [0.15, 0.2) is 0 Å². The van der Waals surface area contributed by atoms with E-state index in [1.807, 2.05) is 0 Å². The van der Waals surface area contributed by atoms with E-state index >= 15 is 0 Å². The minimum Gasteiger partial charge on any atom is -0.381 e. The Labute approximate surface area is 145 Å². The lowest BCUT2D eigenvalue weighted by atomic mass is 9.73. The quantitative estimate of drug-likeness (QED) is 0.774. The zero-order chi connectivity index (χ0) is 16.7. The summed E-state index contributed by atoms with van der Waals surface area (Å²) in [5.74, 6) is 0. The molecule has 0 bridgehead atoms. The smallest absolute Gasteiger partial charge is 0.280 e. The Kier molecular flexibility index (Phi) is 4.53. The van der Waals surface area contributed by atoms with E-state index in [9.17, 15) is 8.78 Å². The van der Waals surface area contributed by atoms with E-state index in [-0.39, 0.29) is 5.69 Å². The highest BCUT2D eigenvalue weighted by Crippen LogP contribution is 2.46. The van der Waals surface area contributed by atoms with Crippen LogP contribution in [0.15, 0.2) is 17.0 Å². The van der Waals surface area contributed by atoms with Crippen molar-refractivity contribution in [2.45, 2.75) is 37.1 Å². The molecule has 1 aromatic rings. The number of aromatic nitrogens is 1. The molecule has 0 N–H and O–H groups in total. The molecule has 0 unspecified atom stereocenters. The average molecular weight is 355 g/mol. The Morgan fingerprint density at radius 1 is 1.21 bits per heavy atom. The second kappa shape index (κ2) is 6.52. The van der Waals surface area contributed by atoms with Crippen molar-refractivity contribution in [3.63, 3.8) is 0 Å². The van der Waals surface area contributed by atoms with Gasteiger partial charge >= 0.3 is 0 Å². The number of aryl methyl sites for hydroxylation is 1. The number of ether oxygens (including phenoxy) is 1. The largest absolute Gasteiger partial charge is 0.381 e. The van der Waals surface area contributed by atoms with Crippen LogP contribution in [-0.4, -0.2) is 59.6 Å². The maximum Gasteiger partial charge on any atom is 0.280 e. The van der Waals surface area contributed by atoms with Gasteiger partial charge in [0.05, 0.1) is 5.69 Å². The number of rotatable bonds is 4. The van der Waals surface area contributed by atoms with E-state index in [1.165, 1.54) is 19.2 Å². The predicted octanol–water partition coefficient (Wildman–Crippen LogP) is 3.13. The van der Waals surface area contributed by atoms with E-state index in [0.29, 0.717) is 17.2 Å². The molecule has 3 aliphatic heterocycles. The summed E-state index contributed by atoms with van der Waals surface area (Å²) in [6.45, 7) is 8.14. The van der Waals surface area contributed by atoms with E-state index in [1.54, 1.807) is 24.9 Å². The summed E-state index contributed by atoms with van der Waals surface area (Å²) in [5, 5.41) is 0. The van der Waals surface area contributed by atoms with E-state index in [0.717, 1.165) is 44.0 Å². The average Bonchev–Trinajstić information content (AvgIpc) is 2.50. The molecule has 4 rings (SSSR count). The minimum atomic E-state index is -2.50. The second-order valence-electron chi connectivity index (χ2n) is 7.26. The first-order chi connectivity index (χ1) is 11.5. The van der Waals surface area contributed by atoms with Gasteiger partial charge in [0.25, 0.3) is 6.43 Å². The molecule has 7 heteroatoms. The van der Waals surface area contributed by atoms with Gasteiger partial charge in [0.2, 0.25) is 0 Å². The fourth-order valence-corrected chi connectivity index (χ4v) is 5.28. The molecule has 4 nitrogen and oxygen atoms in total. The predicted molar refractivity (Wildman–Crippen MR) is 89.2 cm³/mol. The number of alkyl halides is 2. The molecular formula is C17H23F2N3OS. The van der Waals surface area contributed by atoms with Gasteiger partial charge in [-0.15, -0.1) is 0 Å². The van der Waals surface area contributed by atoms with Crippen LogP contribution in [0.5, 0.6) is 0 Å². The Morgan fingerprint density at radius 3 is 2.54 bits per heavy atom. The molecule has 0 amide bonds. The second-order valence-corrected chi connectivity index (χ2v) is 8.40. The molecular weight excluding hydrogens is 332 g/mol. The van der Waals surface area contributed by atoms with Crippen molar-refractivity contribution in [2.75, 3.05) is 39.4 Å². The third kappa shape index (κ3) is 3.19. The molecule has 4 heterocycles. The Hall–Kier alpha value is -0.760. The number of nitrogens with zero attached hydrogens (tertiary/aromatic N) is 3. The standard InChI is InChI=1S/C17H23F2N3OS/c1-12-15(3-2-14(20-12)16(18)19)24-22-10-17(11-22)8-21(9-17)13-4-6-23-7-5-13/h2-3,13,16H,4-11H2,1H3. The number of pyridine rings is 1. The normalized spacial score (nSPS) is 25.0. The summed E-state index contributed by atoms with van der Waals surface area (Å²) >= 11 is 1.65. The van der Waals surface area contributed by atoms with Crippen molar-refractivity contribution in [3.05, 3.63) is 23.5 Å². The van der Waals surface area contributed by atoms with Crippen LogP contribution in [0.4, 0.5) is 8.78 Å². The van der Waals surface area contributed by atoms with Gasteiger partial charge in [0.1, 0.15) is 5.69 Å². The molecule has 0 atom stereocenters. The Bertz CT molecular complexity index is 595. The summed E-state index contributed by atoms with van der Waals surface area (Å²) in [4.78, 5) is 7.60. The Balaban J connectivity index is 1.27.